The number of halogens is 2. The van der Waals surface area contributed by atoms with Gasteiger partial charge in [-0.25, -0.2) is 4.79 Å². The fourth-order valence-electron chi connectivity index (χ4n) is 3.44. The summed E-state index contributed by atoms with van der Waals surface area (Å²) in [5, 5.41) is 1.06. The highest BCUT2D eigenvalue weighted by Crippen LogP contribution is 2.26. The van der Waals surface area contributed by atoms with Gasteiger partial charge in [0.15, 0.2) is 11.2 Å². The summed E-state index contributed by atoms with van der Waals surface area (Å²) in [6, 6.07) is 5.27. The number of nitrogens with zero attached hydrogens (tertiary/aromatic N) is 5. The van der Waals surface area contributed by atoms with E-state index < -0.39 is 11.2 Å². The van der Waals surface area contributed by atoms with Crippen molar-refractivity contribution in [3.05, 3.63) is 54.6 Å². The number of hydrogen-bond acceptors (Lipinski definition) is 5. The molecule has 0 atom stereocenters. The molecule has 1 saturated heterocycles. The van der Waals surface area contributed by atoms with Crippen LogP contribution in [-0.4, -0.2) is 57.2 Å². The molecule has 10 heteroatoms. The van der Waals surface area contributed by atoms with Gasteiger partial charge in [-0.1, -0.05) is 29.3 Å². The highest BCUT2D eigenvalue weighted by Gasteiger charge is 2.24. The van der Waals surface area contributed by atoms with Crippen molar-refractivity contribution in [2.75, 3.05) is 38.1 Å². The number of aromatic nitrogens is 4. The molecule has 4 rings (SSSR count). The minimum atomic E-state index is -0.489. The standard InChI is InChI=1S/C18H20Cl2N6O2/c1-23-5-7-25(8-6-23)17-21-15-14(16(27)22-18(28)24(15)2)26(17)10-11-3-4-12(19)9-13(11)20/h3-4,9H,5-8,10H2,1-2H3,(H,22,27,28). The van der Waals surface area contributed by atoms with Crippen molar-refractivity contribution in [1.82, 2.24) is 24.0 Å². The second-order valence-corrected chi connectivity index (χ2v) is 7.86. The summed E-state index contributed by atoms with van der Waals surface area (Å²) in [7, 11) is 3.67. The topological polar surface area (TPSA) is 79.2 Å². The number of aromatic amines is 1. The molecule has 1 fully saturated rings. The molecule has 3 heterocycles. The number of benzene rings is 1. The monoisotopic (exact) mass is 422 g/mol. The van der Waals surface area contributed by atoms with Crippen molar-refractivity contribution in [2.45, 2.75) is 6.54 Å². The summed E-state index contributed by atoms with van der Waals surface area (Å²) < 4.78 is 3.18. The second-order valence-electron chi connectivity index (χ2n) is 7.01. The Kier molecular flexibility index (Phi) is 4.95. The number of imidazole rings is 1. The number of likely N-dealkylation sites (N-methyl/N-ethyl adjacent to an activating group) is 1. The SMILES string of the molecule is CN1CCN(c2nc3c(c(=O)[nH]c(=O)n3C)n2Cc2ccc(Cl)cc2Cl)CC1. The number of nitrogens with one attached hydrogen (secondary N) is 1. The molecule has 148 valence electrons. The van der Waals surface area contributed by atoms with Crippen molar-refractivity contribution in [3.8, 4) is 0 Å². The van der Waals surface area contributed by atoms with Crippen LogP contribution in [0.2, 0.25) is 10.0 Å². The summed E-state index contributed by atoms with van der Waals surface area (Å²) >= 11 is 12.4. The predicted octanol–water partition coefficient (Wildman–Crippen LogP) is 1.53. The van der Waals surface area contributed by atoms with Crippen LogP contribution in [0, 0.1) is 0 Å². The molecule has 0 aliphatic carbocycles. The molecule has 0 amide bonds. The molecule has 0 saturated carbocycles. The average molecular weight is 423 g/mol. The van der Waals surface area contributed by atoms with Gasteiger partial charge in [0.25, 0.3) is 5.56 Å². The minimum absolute atomic E-state index is 0.343. The lowest BCUT2D eigenvalue weighted by atomic mass is 10.2. The Balaban J connectivity index is 1.91. The van der Waals surface area contributed by atoms with Gasteiger partial charge in [-0.05, 0) is 24.7 Å². The van der Waals surface area contributed by atoms with Crippen LogP contribution in [0.25, 0.3) is 11.2 Å². The first-order valence-electron chi connectivity index (χ1n) is 8.92. The smallest absolute Gasteiger partial charge is 0.329 e. The number of rotatable bonds is 3. The van der Waals surface area contributed by atoms with E-state index in [-0.39, 0.29) is 0 Å². The van der Waals surface area contributed by atoms with Gasteiger partial charge < -0.3 is 9.80 Å². The Morgan fingerprint density at radius 3 is 2.50 bits per heavy atom. The quantitative estimate of drug-likeness (QED) is 0.692. The van der Waals surface area contributed by atoms with Crippen LogP contribution >= 0.6 is 23.2 Å². The molecule has 3 aromatic rings. The van der Waals surface area contributed by atoms with Crippen LogP contribution in [0.15, 0.2) is 27.8 Å². The van der Waals surface area contributed by atoms with Crippen molar-refractivity contribution in [3.63, 3.8) is 0 Å². The number of piperazine rings is 1. The summed E-state index contributed by atoms with van der Waals surface area (Å²) in [5.74, 6) is 0.654. The van der Waals surface area contributed by atoms with Crippen molar-refractivity contribution in [1.29, 1.82) is 0 Å². The van der Waals surface area contributed by atoms with Gasteiger partial charge >= 0.3 is 5.69 Å². The van der Waals surface area contributed by atoms with Crippen LogP contribution < -0.4 is 16.1 Å². The van der Waals surface area contributed by atoms with Gasteiger partial charge in [-0.2, -0.15) is 4.98 Å². The second kappa shape index (κ2) is 7.27. The van der Waals surface area contributed by atoms with Gasteiger partial charge in [-0.15, -0.1) is 0 Å². The molecular formula is C18H20Cl2N6O2. The van der Waals surface area contributed by atoms with E-state index >= 15 is 0 Å². The number of hydrogen-bond donors (Lipinski definition) is 1. The Morgan fingerprint density at radius 2 is 1.82 bits per heavy atom. The van der Waals surface area contributed by atoms with E-state index in [9.17, 15) is 9.59 Å². The van der Waals surface area contributed by atoms with E-state index in [4.69, 9.17) is 23.2 Å². The molecule has 0 spiro atoms. The first-order chi connectivity index (χ1) is 13.3. The van der Waals surface area contributed by atoms with E-state index in [1.54, 1.807) is 19.2 Å². The fraction of sp³-hybridized carbons (Fsp3) is 0.389. The molecule has 8 nitrogen and oxygen atoms in total. The maximum absolute atomic E-state index is 12.6. The maximum atomic E-state index is 12.6. The molecule has 28 heavy (non-hydrogen) atoms. The molecule has 0 unspecified atom stereocenters. The molecule has 1 aliphatic rings. The number of fused-ring (bicyclic) bond motifs is 1. The lowest BCUT2D eigenvalue weighted by Gasteiger charge is -2.33. The van der Waals surface area contributed by atoms with Crippen LogP contribution in [0.4, 0.5) is 5.95 Å². The Labute approximate surface area is 170 Å². The third-order valence-electron chi connectivity index (χ3n) is 5.12. The molecule has 0 bridgehead atoms. The molecule has 2 aromatic heterocycles. The first kappa shape index (κ1) is 19.0. The van der Waals surface area contributed by atoms with Gasteiger partial charge in [0, 0.05) is 43.3 Å². The number of H-pyrrole nitrogens is 1. The number of anilines is 1. The van der Waals surface area contributed by atoms with E-state index in [1.165, 1.54) is 4.57 Å². The van der Waals surface area contributed by atoms with Gasteiger partial charge in [-0.3, -0.25) is 18.9 Å². The zero-order valence-electron chi connectivity index (χ0n) is 15.6. The van der Waals surface area contributed by atoms with E-state index in [1.807, 2.05) is 10.6 Å². The first-order valence-corrected chi connectivity index (χ1v) is 9.67. The third-order valence-corrected chi connectivity index (χ3v) is 5.70. The lowest BCUT2D eigenvalue weighted by Crippen LogP contribution is -2.45. The van der Waals surface area contributed by atoms with Crippen LogP contribution in [0.5, 0.6) is 0 Å². The summed E-state index contributed by atoms with van der Waals surface area (Å²) in [5.41, 5.74) is 0.566. The van der Waals surface area contributed by atoms with Crippen molar-refractivity contribution < 1.29 is 0 Å². The summed E-state index contributed by atoms with van der Waals surface area (Å²) in [6.07, 6.45) is 0. The predicted molar refractivity (Wildman–Crippen MR) is 111 cm³/mol. The van der Waals surface area contributed by atoms with Gasteiger partial charge in [0.2, 0.25) is 5.95 Å². The van der Waals surface area contributed by atoms with Crippen molar-refractivity contribution >= 4 is 40.3 Å². The largest absolute Gasteiger partial charge is 0.340 e. The Hall–Kier alpha value is -2.29. The van der Waals surface area contributed by atoms with Gasteiger partial charge in [0.05, 0.1) is 6.54 Å². The summed E-state index contributed by atoms with van der Waals surface area (Å²) in [6.45, 7) is 3.68. The molecular weight excluding hydrogens is 403 g/mol. The van der Waals surface area contributed by atoms with Gasteiger partial charge in [0.1, 0.15) is 0 Å². The van der Waals surface area contributed by atoms with Crippen LogP contribution in [-0.2, 0) is 13.6 Å². The third kappa shape index (κ3) is 3.32. The van der Waals surface area contributed by atoms with Crippen LogP contribution in [0.1, 0.15) is 5.56 Å². The average Bonchev–Trinajstić information content (AvgIpc) is 3.03. The maximum Gasteiger partial charge on any atom is 0.329 e. The molecule has 1 aliphatic heterocycles. The zero-order chi connectivity index (χ0) is 20.0. The fourth-order valence-corrected chi connectivity index (χ4v) is 3.91. The highest BCUT2D eigenvalue weighted by atomic mass is 35.5. The highest BCUT2D eigenvalue weighted by molar-refractivity contribution is 6.35. The van der Waals surface area contributed by atoms with E-state index in [0.717, 1.165) is 31.7 Å². The lowest BCUT2D eigenvalue weighted by molar-refractivity contribution is 0.310. The van der Waals surface area contributed by atoms with Crippen molar-refractivity contribution in [2.24, 2.45) is 7.05 Å². The van der Waals surface area contributed by atoms with Crippen LogP contribution in [0.3, 0.4) is 0 Å². The Bertz CT molecular complexity index is 1160. The Morgan fingerprint density at radius 1 is 1.11 bits per heavy atom. The zero-order valence-corrected chi connectivity index (χ0v) is 17.1. The normalized spacial score (nSPS) is 15.5. The van der Waals surface area contributed by atoms with E-state index in [0.29, 0.717) is 33.7 Å². The summed E-state index contributed by atoms with van der Waals surface area (Å²) in [4.78, 5) is 36.1. The van der Waals surface area contributed by atoms with E-state index in [2.05, 4.69) is 26.8 Å². The minimum Gasteiger partial charge on any atom is -0.340 e. The molecule has 1 N–H and O–H groups in total. The molecule has 0 radical (unpaired) electrons. The molecule has 1 aromatic carbocycles. The number of aryl methyl sites for hydroxylation is 1.